The minimum atomic E-state index is -0.251. The maximum atomic E-state index is 11.8. The number of hydrogen-bond acceptors (Lipinski definition) is 3. The van der Waals surface area contributed by atoms with E-state index in [4.69, 9.17) is 0 Å². The van der Waals surface area contributed by atoms with Gasteiger partial charge in [-0.05, 0) is 36.5 Å². The van der Waals surface area contributed by atoms with Crippen LogP contribution in [0.5, 0.6) is 0 Å². The van der Waals surface area contributed by atoms with Gasteiger partial charge in [-0.25, -0.2) is 0 Å². The maximum absolute atomic E-state index is 11.8. The van der Waals surface area contributed by atoms with Crippen molar-refractivity contribution in [1.29, 1.82) is 0 Å². The molecule has 1 aromatic carbocycles. The Morgan fingerprint density at radius 1 is 1.35 bits per heavy atom. The van der Waals surface area contributed by atoms with Gasteiger partial charge in [-0.3, -0.25) is 9.48 Å². The Hall–Kier alpha value is -2.40. The smallest absolute Gasteiger partial charge is 0.244 e. The molecule has 1 aliphatic rings. The standard InChI is InChI=1S/C21H27N3O2/c1-4-19(26)23-21(10-5-11-21)18-8-6-16(7-9-18)17-12-22-24(13-17)14-20(2,3)15-25/h4,6-9,12-13,25H,1,5,10-11,14-15H2,2-3H3,(H,23,26). The largest absolute Gasteiger partial charge is 0.396 e. The normalized spacial score (nSPS) is 16.0. The second kappa shape index (κ2) is 7.08. The number of aromatic nitrogens is 2. The lowest BCUT2D eigenvalue weighted by Gasteiger charge is -2.43. The molecule has 1 fully saturated rings. The molecule has 3 rings (SSSR count). The summed E-state index contributed by atoms with van der Waals surface area (Å²) in [4.78, 5) is 11.8. The topological polar surface area (TPSA) is 67.2 Å². The third-order valence-corrected chi connectivity index (χ3v) is 5.18. The van der Waals surface area contributed by atoms with Gasteiger partial charge in [-0.2, -0.15) is 5.10 Å². The molecule has 138 valence electrons. The first-order valence-corrected chi connectivity index (χ1v) is 9.06. The number of amides is 1. The van der Waals surface area contributed by atoms with Crippen LogP contribution in [-0.2, 0) is 16.9 Å². The van der Waals surface area contributed by atoms with Crippen LogP contribution in [0.3, 0.4) is 0 Å². The Morgan fingerprint density at radius 3 is 2.58 bits per heavy atom. The minimum absolute atomic E-state index is 0.120. The van der Waals surface area contributed by atoms with E-state index in [9.17, 15) is 9.90 Å². The summed E-state index contributed by atoms with van der Waals surface area (Å²) in [5.41, 5.74) is 2.82. The molecule has 1 aromatic heterocycles. The fourth-order valence-corrected chi connectivity index (χ4v) is 3.37. The van der Waals surface area contributed by atoms with Crippen LogP contribution in [0.1, 0.15) is 38.7 Å². The molecule has 26 heavy (non-hydrogen) atoms. The third-order valence-electron chi connectivity index (χ3n) is 5.18. The van der Waals surface area contributed by atoms with Crippen LogP contribution < -0.4 is 5.32 Å². The van der Waals surface area contributed by atoms with Crippen molar-refractivity contribution in [2.75, 3.05) is 6.61 Å². The SMILES string of the molecule is C=CC(=O)NC1(c2ccc(-c3cnn(CC(C)(C)CO)c3)cc2)CCC1. The number of benzene rings is 1. The van der Waals surface area contributed by atoms with Crippen LogP contribution in [-0.4, -0.2) is 27.4 Å². The monoisotopic (exact) mass is 353 g/mol. The summed E-state index contributed by atoms with van der Waals surface area (Å²) in [6.45, 7) is 8.36. The molecule has 0 saturated heterocycles. The molecule has 1 amide bonds. The van der Waals surface area contributed by atoms with Crippen molar-refractivity contribution in [1.82, 2.24) is 15.1 Å². The molecule has 2 N–H and O–H groups in total. The lowest BCUT2D eigenvalue weighted by Crippen LogP contribution is -2.50. The van der Waals surface area contributed by atoms with E-state index in [0.717, 1.165) is 36.0 Å². The Morgan fingerprint density at radius 2 is 2.04 bits per heavy atom. The lowest BCUT2D eigenvalue weighted by atomic mass is 9.71. The van der Waals surface area contributed by atoms with Crippen molar-refractivity contribution in [3.8, 4) is 11.1 Å². The third kappa shape index (κ3) is 3.73. The molecule has 1 aliphatic carbocycles. The number of aliphatic hydroxyl groups excluding tert-OH is 1. The molecule has 5 heteroatoms. The average molecular weight is 353 g/mol. The van der Waals surface area contributed by atoms with Crippen LogP contribution >= 0.6 is 0 Å². The van der Waals surface area contributed by atoms with Crippen LogP contribution in [0.15, 0.2) is 49.3 Å². The van der Waals surface area contributed by atoms with Gasteiger partial charge in [0.15, 0.2) is 0 Å². The van der Waals surface area contributed by atoms with Gasteiger partial charge in [-0.15, -0.1) is 0 Å². The molecule has 1 saturated carbocycles. The summed E-state index contributed by atoms with van der Waals surface area (Å²) >= 11 is 0. The van der Waals surface area contributed by atoms with Crippen molar-refractivity contribution in [3.63, 3.8) is 0 Å². The van der Waals surface area contributed by atoms with Gasteiger partial charge in [0.1, 0.15) is 0 Å². The van der Waals surface area contributed by atoms with E-state index < -0.39 is 0 Å². The summed E-state index contributed by atoms with van der Waals surface area (Å²) in [7, 11) is 0. The highest BCUT2D eigenvalue weighted by molar-refractivity contribution is 5.87. The minimum Gasteiger partial charge on any atom is -0.396 e. The summed E-state index contributed by atoms with van der Waals surface area (Å²) in [6.07, 6.45) is 8.22. The van der Waals surface area contributed by atoms with Gasteiger partial charge in [0.05, 0.1) is 11.7 Å². The molecule has 1 heterocycles. The first-order chi connectivity index (χ1) is 12.4. The molecule has 0 aliphatic heterocycles. The van der Waals surface area contributed by atoms with Gasteiger partial charge in [0.25, 0.3) is 0 Å². The van der Waals surface area contributed by atoms with E-state index >= 15 is 0 Å². The van der Waals surface area contributed by atoms with E-state index in [0.29, 0.717) is 6.54 Å². The quantitative estimate of drug-likeness (QED) is 0.751. The van der Waals surface area contributed by atoms with Gasteiger partial charge in [-0.1, -0.05) is 44.7 Å². The van der Waals surface area contributed by atoms with E-state index in [1.807, 2.05) is 30.9 Å². The van der Waals surface area contributed by atoms with Crippen LogP contribution in [0.2, 0.25) is 0 Å². The highest BCUT2D eigenvalue weighted by Gasteiger charge is 2.39. The number of nitrogens with zero attached hydrogens (tertiary/aromatic N) is 2. The fourth-order valence-electron chi connectivity index (χ4n) is 3.37. The molecule has 2 aromatic rings. The van der Waals surface area contributed by atoms with E-state index in [2.05, 4.69) is 41.3 Å². The molecule has 0 spiro atoms. The first-order valence-electron chi connectivity index (χ1n) is 9.06. The fraction of sp³-hybridized carbons (Fsp3) is 0.429. The lowest BCUT2D eigenvalue weighted by molar-refractivity contribution is -0.119. The molecule has 0 radical (unpaired) electrons. The zero-order chi connectivity index (χ0) is 18.8. The number of nitrogens with one attached hydrogen (secondary N) is 1. The maximum Gasteiger partial charge on any atom is 0.244 e. The van der Waals surface area contributed by atoms with Crippen molar-refractivity contribution >= 4 is 5.91 Å². The van der Waals surface area contributed by atoms with Gasteiger partial charge >= 0.3 is 0 Å². The van der Waals surface area contributed by atoms with Gasteiger partial charge in [0.2, 0.25) is 5.91 Å². The second-order valence-electron chi connectivity index (χ2n) is 7.96. The summed E-state index contributed by atoms with van der Waals surface area (Å²) in [5, 5.41) is 16.9. The van der Waals surface area contributed by atoms with E-state index in [1.54, 1.807) is 0 Å². The van der Waals surface area contributed by atoms with Crippen molar-refractivity contribution in [3.05, 3.63) is 54.9 Å². The Labute approximate surface area is 154 Å². The van der Waals surface area contributed by atoms with E-state index in [1.165, 1.54) is 6.08 Å². The molecule has 0 unspecified atom stereocenters. The molecular weight excluding hydrogens is 326 g/mol. The molecule has 5 nitrogen and oxygen atoms in total. The summed E-state index contributed by atoms with van der Waals surface area (Å²) in [6, 6.07) is 8.34. The number of carbonyl (C=O) groups is 1. The zero-order valence-corrected chi connectivity index (χ0v) is 15.5. The molecule has 0 atom stereocenters. The predicted molar refractivity (Wildman–Crippen MR) is 102 cm³/mol. The average Bonchev–Trinajstić information content (AvgIpc) is 3.06. The van der Waals surface area contributed by atoms with Crippen LogP contribution in [0, 0.1) is 5.41 Å². The zero-order valence-electron chi connectivity index (χ0n) is 15.5. The number of rotatable bonds is 7. The number of carbonyl (C=O) groups excluding carboxylic acids is 1. The Kier molecular flexibility index (Phi) is 5.01. The highest BCUT2D eigenvalue weighted by Crippen LogP contribution is 2.41. The Bertz CT molecular complexity index is 786. The predicted octanol–water partition coefficient (Wildman–Crippen LogP) is 3.25. The first kappa shape index (κ1) is 18.4. The van der Waals surface area contributed by atoms with Gasteiger partial charge in [0, 0.05) is 30.3 Å². The van der Waals surface area contributed by atoms with E-state index in [-0.39, 0.29) is 23.5 Å². The number of aliphatic hydroxyl groups is 1. The second-order valence-corrected chi connectivity index (χ2v) is 7.96. The molecular formula is C21H27N3O2. The summed E-state index contributed by atoms with van der Waals surface area (Å²) in [5.74, 6) is -0.124. The van der Waals surface area contributed by atoms with Crippen molar-refractivity contribution in [2.45, 2.75) is 45.2 Å². The Balaban J connectivity index is 1.77. The molecule has 0 bridgehead atoms. The highest BCUT2D eigenvalue weighted by atomic mass is 16.3. The summed E-state index contributed by atoms with van der Waals surface area (Å²) < 4.78 is 1.87. The van der Waals surface area contributed by atoms with Crippen molar-refractivity contribution in [2.24, 2.45) is 5.41 Å². The van der Waals surface area contributed by atoms with Gasteiger partial charge < -0.3 is 10.4 Å². The van der Waals surface area contributed by atoms with Crippen molar-refractivity contribution < 1.29 is 9.90 Å². The number of hydrogen-bond donors (Lipinski definition) is 2. The van der Waals surface area contributed by atoms with Crippen LogP contribution in [0.25, 0.3) is 11.1 Å². The van der Waals surface area contributed by atoms with Crippen LogP contribution in [0.4, 0.5) is 0 Å².